The van der Waals surface area contributed by atoms with E-state index in [1.807, 2.05) is 13.0 Å². The summed E-state index contributed by atoms with van der Waals surface area (Å²) in [5.74, 6) is -0.502. The highest BCUT2D eigenvalue weighted by Crippen LogP contribution is 2.32. The Balaban J connectivity index is 1.75. The molecular weight excluding hydrogens is 328 g/mol. The molecule has 25 heavy (non-hydrogen) atoms. The number of nitrogens with zero attached hydrogens (tertiary/aromatic N) is 4. The van der Waals surface area contributed by atoms with Gasteiger partial charge in [-0.15, -0.1) is 0 Å². The largest absolute Gasteiger partial charge is 0.366 e. The Morgan fingerprint density at radius 1 is 1.24 bits per heavy atom. The van der Waals surface area contributed by atoms with Gasteiger partial charge in [-0.1, -0.05) is 0 Å². The van der Waals surface area contributed by atoms with Gasteiger partial charge in [-0.05, 0) is 32.0 Å². The summed E-state index contributed by atoms with van der Waals surface area (Å²) in [6.45, 7) is 5.25. The first-order valence-electron chi connectivity index (χ1n) is 8.04. The van der Waals surface area contributed by atoms with Gasteiger partial charge in [-0.3, -0.25) is 5.10 Å². The molecule has 1 saturated heterocycles. The van der Waals surface area contributed by atoms with E-state index in [1.54, 1.807) is 13.0 Å². The van der Waals surface area contributed by atoms with E-state index >= 15 is 0 Å². The summed E-state index contributed by atoms with van der Waals surface area (Å²) < 4.78 is 33.5. The lowest BCUT2D eigenvalue weighted by molar-refractivity contribution is 0.0343. The molecule has 1 aliphatic heterocycles. The Bertz CT molecular complexity index is 942. The van der Waals surface area contributed by atoms with Crippen molar-refractivity contribution in [3.05, 3.63) is 47.2 Å². The Morgan fingerprint density at radius 3 is 2.84 bits per heavy atom. The fourth-order valence-electron chi connectivity index (χ4n) is 3.13. The molecule has 0 saturated carbocycles. The third-order valence-electron chi connectivity index (χ3n) is 4.29. The van der Waals surface area contributed by atoms with Crippen molar-refractivity contribution in [2.45, 2.75) is 20.0 Å². The van der Waals surface area contributed by atoms with Crippen LogP contribution in [0.25, 0.3) is 10.9 Å². The van der Waals surface area contributed by atoms with Crippen molar-refractivity contribution in [2.24, 2.45) is 0 Å². The second-order valence-corrected chi connectivity index (χ2v) is 6.12. The first kappa shape index (κ1) is 15.9. The first-order chi connectivity index (χ1) is 12.0. The van der Waals surface area contributed by atoms with Gasteiger partial charge in [0.25, 0.3) is 0 Å². The molecule has 2 aromatic heterocycles. The molecule has 8 heteroatoms. The Morgan fingerprint density at radius 2 is 2.08 bits per heavy atom. The van der Waals surface area contributed by atoms with Crippen molar-refractivity contribution in [3.8, 4) is 0 Å². The molecule has 3 aromatic rings. The molecule has 1 fully saturated rings. The lowest BCUT2D eigenvalue weighted by Gasteiger charge is -2.34. The SMILES string of the molecule is Cc1cc(N2CCO[C@@H](c3n[nH]c(C)n3)C2)c2ccc(F)c(F)c2n1. The number of aromatic amines is 1. The van der Waals surface area contributed by atoms with Gasteiger partial charge in [0.1, 0.15) is 17.4 Å². The number of H-pyrrole nitrogens is 1. The molecule has 0 aliphatic carbocycles. The Hall–Kier alpha value is -2.61. The van der Waals surface area contributed by atoms with Crippen LogP contribution in [-0.4, -0.2) is 39.9 Å². The van der Waals surface area contributed by atoms with Gasteiger partial charge in [-0.25, -0.2) is 18.7 Å². The standard InChI is InChI=1S/C17H17F2N5O/c1-9-7-13(11-3-4-12(18)15(19)16(11)20-9)24-5-6-25-14(8-24)17-21-10(2)22-23-17/h3-4,7,14H,5-6,8H2,1-2H3,(H,21,22,23)/t14-/m1/s1. The Labute approximate surface area is 142 Å². The number of benzene rings is 1. The molecule has 1 aromatic carbocycles. The Kier molecular flexibility index (Phi) is 3.84. The number of anilines is 1. The minimum atomic E-state index is -0.920. The number of hydrogen-bond acceptors (Lipinski definition) is 5. The molecule has 0 amide bonds. The van der Waals surface area contributed by atoms with Crippen molar-refractivity contribution in [1.82, 2.24) is 20.2 Å². The molecule has 130 valence electrons. The van der Waals surface area contributed by atoms with Crippen LogP contribution in [0, 0.1) is 25.5 Å². The van der Waals surface area contributed by atoms with Crippen molar-refractivity contribution < 1.29 is 13.5 Å². The minimum absolute atomic E-state index is 0.0479. The zero-order valence-corrected chi connectivity index (χ0v) is 13.9. The van der Waals surface area contributed by atoms with Crippen LogP contribution in [0.2, 0.25) is 0 Å². The molecular formula is C17H17F2N5O. The minimum Gasteiger partial charge on any atom is -0.366 e. The maximum Gasteiger partial charge on any atom is 0.185 e. The van der Waals surface area contributed by atoms with E-state index in [9.17, 15) is 8.78 Å². The number of halogens is 2. The summed E-state index contributed by atoms with van der Waals surface area (Å²) in [5.41, 5.74) is 1.48. The molecule has 1 N–H and O–H groups in total. The monoisotopic (exact) mass is 345 g/mol. The zero-order valence-electron chi connectivity index (χ0n) is 13.9. The summed E-state index contributed by atoms with van der Waals surface area (Å²) in [6.07, 6.45) is -0.285. The smallest absolute Gasteiger partial charge is 0.185 e. The van der Waals surface area contributed by atoms with E-state index in [-0.39, 0.29) is 11.6 Å². The fraction of sp³-hybridized carbons (Fsp3) is 0.353. The van der Waals surface area contributed by atoms with Crippen LogP contribution in [-0.2, 0) is 4.74 Å². The van der Waals surface area contributed by atoms with Crippen molar-refractivity contribution >= 4 is 16.6 Å². The van der Waals surface area contributed by atoms with E-state index < -0.39 is 11.6 Å². The average Bonchev–Trinajstić information content (AvgIpc) is 3.04. The van der Waals surface area contributed by atoms with Crippen LogP contribution in [0.1, 0.15) is 23.4 Å². The number of pyridine rings is 1. The highest BCUT2D eigenvalue weighted by Gasteiger charge is 2.27. The molecule has 0 radical (unpaired) electrons. The predicted octanol–water partition coefficient (Wildman–Crippen LogP) is 2.83. The van der Waals surface area contributed by atoms with Crippen LogP contribution in [0.15, 0.2) is 18.2 Å². The zero-order chi connectivity index (χ0) is 17.6. The van der Waals surface area contributed by atoms with E-state index in [0.717, 1.165) is 17.6 Å². The molecule has 6 nitrogen and oxygen atoms in total. The molecule has 1 aliphatic rings. The summed E-state index contributed by atoms with van der Waals surface area (Å²) in [5, 5.41) is 7.56. The van der Waals surface area contributed by atoms with Gasteiger partial charge in [0.2, 0.25) is 0 Å². The summed E-state index contributed by atoms with van der Waals surface area (Å²) in [4.78, 5) is 10.6. The van der Waals surface area contributed by atoms with E-state index in [0.29, 0.717) is 36.6 Å². The first-order valence-corrected chi connectivity index (χ1v) is 8.04. The van der Waals surface area contributed by atoms with Crippen LogP contribution < -0.4 is 4.90 Å². The second-order valence-electron chi connectivity index (χ2n) is 6.12. The predicted molar refractivity (Wildman–Crippen MR) is 88.4 cm³/mol. The third-order valence-corrected chi connectivity index (χ3v) is 4.29. The van der Waals surface area contributed by atoms with Crippen molar-refractivity contribution in [3.63, 3.8) is 0 Å². The van der Waals surface area contributed by atoms with Crippen LogP contribution in [0.5, 0.6) is 0 Å². The molecule has 4 rings (SSSR count). The maximum absolute atomic E-state index is 14.2. The van der Waals surface area contributed by atoms with Crippen LogP contribution >= 0.6 is 0 Å². The highest BCUT2D eigenvalue weighted by molar-refractivity contribution is 5.92. The molecule has 0 bridgehead atoms. The number of aromatic nitrogens is 4. The number of fused-ring (bicyclic) bond motifs is 1. The summed E-state index contributed by atoms with van der Waals surface area (Å²) >= 11 is 0. The van der Waals surface area contributed by atoms with Gasteiger partial charge in [-0.2, -0.15) is 5.10 Å². The van der Waals surface area contributed by atoms with Crippen molar-refractivity contribution in [2.75, 3.05) is 24.6 Å². The lowest BCUT2D eigenvalue weighted by atomic mass is 10.1. The van der Waals surface area contributed by atoms with Gasteiger partial charge >= 0.3 is 0 Å². The third kappa shape index (κ3) is 2.82. The number of rotatable bonds is 2. The van der Waals surface area contributed by atoms with Crippen LogP contribution in [0.4, 0.5) is 14.5 Å². The van der Waals surface area contributed by atoms with Gasteiger partial charge in [0, 0.05) is 23.3 Å². The fourth-order valence-corrected chi connectivity index (χ4v) is 3.13. The molecule has 0 spiro atoms. The second kappa shape index (κ2) is 6.03. The maximum atomic E-state index is 14.2. The number of nitrogens with one attached hydrogen (secondary N) is 1. The quantitative estimate of drug-likeness (QED) is 0.774. The van der Waals surface area contributed by atoms with E-state index in [1.165, 1.54) is 0 Å². The molecule has 1 atom stereocenters. The summed E-state index contributed by atoms with van der Waals surface area (Å²) in [6, 6.07) is 4.58. The van der Waals surface area contributed by atoms with Crippen LogP contribution in [0.3, 0.4) is 0 Å². The average molecular weight is 345 g/mol. The number of morpholine rings is 1. The topological polar surface area (TPSA) is 66.9 Å². The number of hydrogen-bond donors (Lipinski definition) is 1. The van der Waals surface area contributed by atoms with Gasteiger partial charge < -0.3 is 9.64 Å². The van der Waals surface area contributed by atoms with Gasteiger partial charge in [0.15, 0.2) is 17.5 Å². The normalized spacial score (nSPS) is 18.1. The van der Waals surface area contributed by atoms with E-state index in [2.05, 4.69) is 25.1 Å². The van der Waals surface area contributed by atoms with Gasteiger partial charge in [0.05, 0.1) is 13.2 Å². The number of ether oxygens (including phenoxy) is 1. The molecule has 3 heterocycles. The molecule has 0 unspecified atom stereocenters. The highest BCUT2D eigenvalue weighted by atomic mass is 19.2. The van der Waals surface area contributed by atoms with E-state index in [4.69, 9.17) is 4.74 Å². The lowest BCUT2D eigenvalue weighted by Crippen LogP contribution is -2.39. The number of aryl methyl sites for hydroxylation is 2. The van der Waals surface area contributed by atoms with Crippen molar-refractivity contribution in [1.29, 1.82) is 0 Å². The summed E-state index contributed by atoms with van der Waals surface area (Å²) in [7, 11) is 0.